The zero-order chi connectivity index (χ0) is 37.5. The summed E-state index contributed by atoms with van der Waals surface area (Å²) in [6.07, 6.45) is -7.26. The Morgan fingerprint density at radius 3 is 2.36 bits per heavy atom. The van der Waals surface area contributed by atoms with Gasteiger partial charge >= 0.3 is 30.0 Å². The fourth-order valence-electron chi connectivity index (χ4n) is 9.26. The van der Waals surface area contributed by atoms with E-state index in [1.54, 1.807) is 48.5 Å². The lowest BCUT2D eigenvalue weighted by Gasteiger charge is -2.70. The molecule has 0 aromatic heterocycles. The maximum Gasteiger partial charge on any atom is 0.408 e. The number of alkyl carbamates (subject to hydrolysis) is 1. The highest BCUT2D eigenvalue weighted by Crippen LogP contribution is 2.73. The van der Waals surface area contributed by atoms with Crippen molar-refractivity contribution in [3.05, 3.63) is 23.0 Å². The molecule has 11 atom stereocenters. The number of nitrogens with one attached hydrogen (secondary N) is 1. The maximum atomic E-state index is 13.9. The first-order valence-electron chi connectivity index (χ1n) is 16.4. The number of aliphatic hydroxyl groups excluding tert-OH is 2. The van der Waals surface area contributed by atoms with Gasteiger partial charge in [0.2, 0.25) is 11.7 Å². The summed E-state index contributed by atoms with van der Waals surface area (Å²) < 4.78 is 33.5. The Labute approximate surface area is 289 Å². The lowest BCUT2D eigenvalue weighted by Crippen LogP contribution is -2.90. The minimum Gasteiger partial charge on any atom is -0.467 e. The van der Waals surface area contributed by atoms with E-state index >= 15 is 0 Å². The molecule has 0 aromatic carbocycles. The molecular formula is C34H46N2O14. The standard InChI is InChI=1S/C34H46N2O14/c1-14(2)10-20(38)48-25-27(42)47-19-11-17-15(3)22(49-26(41)16(4)36-29(44)50-30(5,6)7)18(37)12-31(17,8)23-21(39)24(40)33(28(43)45-9)34(25,35)32(19,23)13-46-33/h10,16-17,19,21,23-25,39-40H,11-13,35H2,1-9H3,(H,36,44)/t16-,17-,19+,21+,23?,24-,25-,31-,32+,33-,34-/m0/s1. The molecule has 2 bridgehead atoms. The molecule has 16 nitrogen and oxygen atoms in total. The molecule has 2 saturated carbocycles. The molecule has 0 aromatic rings. The monoisotopic (exact) mass is 706 g/mol. The van der Waals surface area contributed by atoms with Gasteiger partial charge in [-0.15, -0.1) is 0 Å². The number of amides is 1. The Hall–Kier alpha value is -3.86. The van der Waals surface area contributed by atoms with Gasteiger partial charge in [0.1, 0.15) is 29.4 Å². The van der Waals surface area contributed by atoms with Crippen LogP contribution in [0.2, 0.25) is 0 Å². The van der Waals surface area contributed by atoms with Crippen molar-refractivity contribution in [1.82, 2.24) is 5.32 Å². The van der Waals surface area contributed by atoms with Gasteiger partial charge < -0.3 is 49.7 Å². The predicted octanol–water partition coefficient (Wildman–Crippen LogP) is 0.497. The molecule has 276 valence electrons. The van der Waals surface area contributed by atoms with Crippen LogP contribution in [0.5, 0.6) is 0 Å². The molecule has 3 aliphatic carbocycles. The summed E-state index contributed by atoms with van der Waals surface area (Å²) in [6.45, 7) is 12.4. The second-order valence-electron chi connectivity index (χ2n) is 15.5. The van der Waals surface area contributed by atoms with Gasteiger partial charge in [0.25, 0.3) is 0 Å². The quantitative estimate of drug-likeness (QED) is 0.167. The second kappa shape index (κ2) is 12.1. The van der Waals surface area contributed by atoms with E-state index in [1.807, 2.05) is 0 Å². The van der Waals surface area contributed by atoms with Crippen molar-refractivity contribution in [1.29, 1.82) is 0 Å². The number of carbonyl (C=O) groups excluding carboxylic acids is 6. The molecule has 5 rings (SSSR count). The van der Waals surface area contributed by atoms with Gasteiger partial charge in [0, 0.05) is 18.4 Å². The van der Waals surface area contributed by atoms with Gasteiger partial charge in [-0.05, 0) is 71.8 Å². The molecule has 1 amide bonds. The van der Waals surface area contributed by atoms with Crippen molar-refractivity contribution in [3.63, 3.8) is 0 Å². The number of methoxy groups -OCH3 is 1. The number of rotatable bonds is 6. The summed E-state index contributed by atoms with van der Waals surface area (Å²) >= 11 is 0. The lowest BCUT2D eigenvalue weighted by atomic mass is 9.36. The van der Waals surface area contributed by atoms with E-state index in [0.717, 1.165) is 13.2 Å². The molecule has 0 radical (unpaired) electrons. The fourth-order valence-corrected chi connectivity index (χ4v) is 9.26. The van der Waals surface area contributed by atoms with Crippen LogP contribution in [0.15, 0.2) is 23.0 Å². The van der Waals surface area contributed by atoms with E-state index < -0.39 is 112 Å². The van der Waals surface area contributed by atoms with Crippen molar-refractivity contribution in [2.45, 2.75) is 115 Å². The van der Waals surface area contributed by atoms with Crippen molar-refractivity contribution in [3.8, 4) is 0 Å². The van der Waals surface area contributed by atoms with Crippen LogP contribution in [0, 0.1) is 22.7 Å². The number of allylic oxidation sites excluding steroid dienone is 3. The Bertz CT molecular complexity index is 1590. The summed E-state index contributed by atoms with van der Waals surface area (Å²) in [7, 11) is 1.02. The minimum absolute atomic E-state index is 0.0400. The number of esters is 4. The van der Waals surface area contributed by atoms with Crippen molar-refractivity contribution in [2.75, 3.05) is 13.7 Å². The highest BCUT2D eigenvalue weighted by atomic mass is 16.6. The average Bonchev–Trinajstić information content (AvgIpc) is 3.20. The largest absolute Gasteiger partial charge is 0.467 e. The number of Topliss-reactive ketones (excluding diaryl/α,β-unsaturated/α-hetero) is 1. The van der Waals surface area contributed by atoms with Crippen molar-refractivity contribution in [2.24, 2.45) is 28.4 Å². The number of aliphatic hydroxyl groups is 2. The third-order valence-corrected chi connectivity index (χ3v) is 11.1. The van der Waals surface area contributed by atoms with Crippen LogP contribution in [0.25, 0.3) is 0 Å². The summed E-state index contributed by atoms with van der Waals surface area (Å²) in [6, 6.07) is -1.21. The topological polar surface area (TPSA) is 236 Å². The third kappa shape index (κ3) is 5.08. The van der Waals surface area contributed by atoms with Gasteiger partial charge in [-0.25, -0.2) is 24.0 Å². The predicted molar refractivity (Wildman–Crippen MR) is 168 cm³/mol. The molecule has 2 heterocycles. The number of carbonyl (C=O) groups is 6. The van der Waals surface area contributed by atoms with Crippen LogP contribution < -0.4 is 11.1 Å². The number of hydrogen-bond acceptors (Lipinski definition) is 15. The van der Waals surface area contributed by atoms with E-state index in [2.05, 4.69) is 5.32 Å². The number of nitrogens with two attached hydrogens (primary N) is 1. The highest BCUT2D eigenvalue weighted by Gasteiger charge is 2.91. The van der Waals surface area contributed by atoms with E-state index in [4.69, 9.17) is 34.2 Å². The van der Waals surface area contributed by atoms with Crippen LogP contribution >= 0.6 is 0 Å². The summed E-state index contributed by atoms with van der Waals surface area (Å²) in [4.78, 5) is 79.7. The van der Waals surface area contributed by atoms with Crippen LogP contribution in [0.3, 0.4) is 0 Å². The zero-order valence-electron chi connectivity index (χ0n) is 29.6. The Kier molecular flexibility index (Phi) is 9.07. The van der Waals surface area contributed by atoms with E-state index in [0.29, 0.717) is 5.57 Å². The van der Waals surface area contributed by atoms with E-state index in [9.17, 15) is 39.0 Å². The fraction of sp³-hybridized carbons (Fsp3) is 0.706. The number of ether oxygens (including phenoxy) is 6. The van der Waals surface area contributed by atoms with Crippen LogP contribution in [-0.4, -0.2) is 107 Å². The summed E-state index contributed by atoms with van der Waals surface area (Å²) in [5.74, 6) is -7.06. The van der Waals surface area contributed by atoms with Crippen molar-refractivity contribution < 1.29 is 67.4 Å². The number of hydrogen-bond donors (Lipinski definition) is 4. The van der Waals surface area contributed by atoms with Crippen molar-refractivity contribution >= 4 is 35.8 Å². The molecule has 5 N–H and O–H groups in total. The summed E-state index contributed by atoms with van der Waals surface area (Å²) in [5, 5.41) is 26.2. The Balaban J connectivity index is 1.59. The van der Waals surface area contributed by atoms with E-state index in [-0.39, 0.29) is 24.2 Å². The first-order chi connectivity index (χ1) is 23.0. The number of fused-ring (bicyclic) bond motifs is 2. The first kappa shape index (κ1) is 37.4. The normalized spacial score (nSPS) is 39.2. The molecule has 50 heavy (non-hydrogen) atoms. The zero-order valence-corrected chi connectivity index (χ0v) is 29.6. The molecule has 4 fully saturated rings. The van der Waals surface area contributed by atoms with Crippen LogP contribution in [0.4, 0.5) is 4.79 Å². The molecule has 2 aliphatic heterocycles. The molecule has 5 aliphatic rings. The number of ketones is 1. The van der Waals surface area contributed by atoms with Gasteiger partial charge in [0.05, 0.1) is 25.2 Å². The molecule has 16 heteroatoms. The van der Waals surface area contributed by atoms with Gasteiger partial charge in [-0.2, -0.15) is 0 Å². The first-order valence-corrected chi connectivity index (χ1v) is 16.4. The highest BCUT2D eigenvalue weighted by molar-refractivity contribution is 5.99. The van der Waals surface area contributed by atoms with Gasteiger partial charge in [-0.1, -0.05) is 12.5 Å². The van der Waals surface area contributed by atoms with Gasteiger partial charge in [0.15, 0.2) is 11.5 Å². The molecule has 2 saturated heterocycles. The lowest BCUT2D eigenvalue weighted by molar-refractivity contribution is -0.297. The summed E-state index contributed by atoms with van der Waals surface area (Å²) in [5.41, 5.74) is -0.701. The average molecular weight is 707 g/mol. The third-order valence-electron chi connectivity index (χ3n) is 11.1. The molecule has 1 spiro atoms. The SMILES string of the molecule is COC(=O)[C@@]12OC[C@]34C([C@@H](O)[C@@H]1O)[C@@]1(C)CC(=O)C(OC(=O)[C@H](C)NC(=O)OC(C)(C)C)=C(C)[C@@H]1C[C@H]3OC(=O)[C@H](OC(=O)C=C(C)C)[C@@]24N. The van der Waals surface area contributed by atoms with Crippen LogP contribution in [0.1, 0.15) is 68.2 Å². The Morgan fingerprint density at radius 2 is 1.78 bits per heavy atom. The second-order valence-corrected chi connectivity index (χ2v) is 15.5. The maximum absolute atomic E-state index is 13.9. The van der Waals surface area contributed by atoms with E-state index in [1.165, 1.54) is 6.92 Å². The minimum atomic E-state index is -2.59. The smallest absolute Gasteiger partial charge is 0.408 e. The van der Waals surface area contributed by atoms with Crippen LogP contribution in [-0.2, 0) is 52.4 Å². The molecule has 1 unspecified atom stereocenters. The van der Waals surface area contributed by atoms with Gasteiger partial charge in [-0.3, -0.25) is 4.79 Å². The Morgan fingerprint density at radius 1 is 1.14 bits per heavy atom. The molecular weight excluding hydrogens is 660 g/mol.